The van der Waals surface area contributed by atoms with Gasteiger partial charge in [-0.15, -0.1) is 11.8 Å². The molecule has 0 saturated heterocycles. The van der Waals surface area contributed by atoms with Gasteiger partial charge in [0.15, 0.2) is 0 Å². The summed E-state index contributed by atoms with van der Waals surface area (Å²) in [5.74, 6) is 0.0364. The van der Waals surface area contributed by atoms with Crippen LogP contribution in [0.25, 0.3) is 0 Å². The van der Waals surface area contributed by atoms with E-state index in [2.05, 4.69) is 15.9 Å². The molecule has 7 nitrogen and oxygen atoms in total. The topological polar surface area (TPSA) is 82.1 Å². The molecule has 1 atom stereocenters. The number of amides is 2. The Morgan fingerprint density at radius 2 is 1.75 bits per heavy atom. The first-order valence-electron chi connectivity index (χ1n) is 11.7. The van der Waals surface area contributed by atoms with E-state index in [-0.39, 0.29) is 12.5 Å². The predicted molar refractivity (Wildman–Crippen MR) is 145 cm³/mol. The number of thioether (sulfide) groups is 1. The van der Waals surface area contributed by atoms with Crippen LogP contribution in [0.5, 0.6) is 5.75 Å². The van der Waals surface area contributed by atoms with Crippen LogP contribution < -0.4 is 4.74 Å². The van der Waals surface area contributed by atoms with E-state index >= 15 is 0 Å². The van der Waals surface area contributed by atoms with Crippen LogP contribution >= 0.6 is 27.7 Å². The zero-order valence-corrected chi connectivity index (χ0v) is 24.0. The van der Waals surface area contributed by atoms with Gasteiger partial charge in [0, 0.05) is 16.4 Å². The Morgan fingerprint density at radius 3 is 2.31 bits per heavy atom. The number of aryl methyl sites for hydroxylation is 1. The van der Waals surface area contributed by atoms with Crippen molar-refractivity contribution >= 4 is 45.7 Å². The number of ether oxygens (including phenoxy) is 3. The fourth-order valence-corrected chi connectivity index (χ4v) is 5.07. The Hall–Kier alpha value is -2.52. The lowest BCUT2D eigenvalue weighted by atomic mass is 10.1. The van der Waals surface area contributed by atoms with E-state index in [1.54, 1.807) is 53.0 Å². The van der Waals surface area contributed by atoms with Crippen molar-refractivity contribution in [2.45, 2.75) is 62.7 Å². The minimum atomic E-state index is -0.714. The molecule has 0 unspecified atom stereocenters. The maximum atomic E-state index is 13.4. The maximum absolute atomic E-state index is 13.4. The molecule has 0 heterocycles. The summed E-state index contributed by atoms with van der Waals surface area (Å²) in [6.45, 7) is 7.31. The van der Waals surface area contributed by atoms with E-state index in [0.29, 0.717) is 16.5 Å². The summed E-state index contributed by atoms with van der Waals surface area (Å²) < 4.78 is 16.3. The first kappa shape index (κ1) is 29.7. The number of methoxy groups -OCH3 is 1. The van der Waals surface area contributed by atoms with Crippen molar-refractivity contribution in [1.29, 1.82) is 0 Å². The number of hydrogen-bond acceptors (Lipinski definition) is 7. The first-order valence-corrected chi connectivity index (χ1v) is 13.4. The molecule has 0 spiro atoms. The van der Waals surface area contributed by atoms with Gasteiger partial charge in [0.25, 0.3) is 0 Å². The van der Waals surface area contributed by atoms with Crippen LogP contribution in [0.2, 0.25) is 0 Å². The van der Waals surface area contributed by atoms with Gasteiger partial charge in [-0.05, 0) is 98.8 Å². The average Bonchev–Trinajstić information content (AvgIpc) is 2.83. The Bertz CT molecular complexity index is 1050. The van der Waals surface area contributed by atoms with Crippen LogP contribution in [0.1, 0.15) is 56.5 Å². The van der Waals surface area contributed by atoms with Gasteiger partial charge in [-0.3, -0.25) is 4.79 Å². The summed E-state index contributed by atoms with van der Waals surface area (Å²) in [7, 11) is 3.06. The van der Waals surface area contributed by atoms with E-state index in [1.807, 2.05) is 24.3 Å². The second-order valence-electron chi connectivity index (χ2n) is 9.09. The van der Waals surface area contributed by atoms with Crippen molar-refractivity contribution in [3.05, 3.63) is 58.1 Å². The maximum Gasteiger partial charge on any atom is 0.416 e. The molecule has 0 bridgehead atoms. The number of carbonyl (C=O) groups is 3. The summed E-state index contributed by atoms with van der Waals surface area (Å²) in [6, 6.07) is 12.9. The van der Waals surface area contributed by atoms with Crippen LogP contribution in [0.4, 0.5) is 4.79 Å². The highest BCUT2D eigenvalue weighted by molar-refractivity contribution is 9.10. The van der Waals surface area contributed by atoms with Gasteiger partial charge in [-0.2, -0.15) is 0 Å². The molecule has 0 aromatic heterocycles. The molecule has 36 heavy (non-hydrogen) atoms. The summed E-state index contributed by atoms with van der Waals surface area (Å²) in [5, 5.41) is -0.537. The zero-order chi connectivity index (χ0) is 26.9. The molecule has 2 aromatic carbocycles. The van der Waals surface area contributed by atoms with Crippen molar-refractivity contribution in [1.82, 2.24) is 4.90 Å². The molecule has 0 aliphatic carbocycles. The SMILES string of the molecule is CCOC(=O)c1ccc(S[C@@H](CCCc2ccc(OC)cc2)C(=O)N(C)C(=O)OC(C)(C)C)c(Br)c1. The Balaban J connectivity index is 2.19. The first-order chi connectivity index (χ1) is 16.9. The number of rotatable bonds is 10. The zero-order valence-electron chi connectivity index (χ0n) is 21.6. The largest absolute Gasteiger partial charge is 0.497 e. The molecule has 0 aliphatic heterocycles. The molecule has 196 valence electrons. The summed E-state index contributed by atoms with van der Waals surface area (Å²) in [5.41, 5.74) is 0.836. The molecule has 0 fully saturated rings. The molecular formula is C27H34BrNO6S. The molecule has 0 radical (unpaired) electrons. The quantitative estimate of drug-likeness (QED) is 0.234. The van der Waals surface area contributed by atoms with Crippen LogP contribution in [-0.2, 0) is 20.7 Å². The summed E-state index contributed by atoms with van der Waals surface area (Å²) >= 11 is 4.86. The van der Waals surface area contributed by atoms with Crippen LogP contribution in [-0.4, -0.2) is 54.5 Å². The summed E-state index contributed by atoms with van der Waals surface area (Å²) in [6.07, 6.45) is 1.35. The molecule has 2 aromatic rings. The highest BCUT2D eigenvalue weighted by Crippen LogP contribution is 2.34. The highest BCUT2D eigenvalue weighted by Gasteiger charge is 2.30. The summed E-state index contributed by atoms with van der Waals surface area (Å²) in [4.78, 5) is 39.8. The van der Waals surface area contributed by atoms with E-state index in [9.17, 15) is 14.4 Å². The minimum Gasteiger partial charge on any atom is -0.497 e. The lowest BCUT2D eigenvalue weighted by Crippen LogP contribution is -2.42. The van der Waals surface area contributed by atoms with Gasteiger partial charge in [0.05, 0.1) is 24.5 Å². The van der Waals surface area contributed by atoms with Crippen molar-refractivity contribution in [3.8, 4) is 5.75 Å². The van der Waals surface area contributed by atoms with Crippen molar-refractivity contribution in [2.24, 2.45) is 0 Å². The number of benzene rings is 2. The normalized spacial score (nSPS) is 12.0. The lowest BCUT2D eigenvalue weighted by Gasteiger charge is -2.26. The molecule has 9 heteroatoms. The average molecular weight is 581 g/mol. The molecule has 0 saturated carbocycles. The predicted octanol–water partition coefficient (Wildman–Crippen LogP) is 6.51. The minimum absolute atomic E-state index is 0.286. The molecule has 0 aliphatic rings. The molecular weight excluding hydrogens is 546 g/mol. The third-order valence-corrected chi connectivity index (χ3v) is 7.33. The molecule has 2 rings (SSSR count). The number of halogens is 1. The fraction of sp³-hybridized carbons (Fsp3) is 0.444. The second kappa shape index (κ2) is 13.7. The Morgan fingerprint density at radius 1 is 1.08 bits per heavy atom. The van der Waals surface area contributed by atoms with E-state index < -0.39 is 22.9 Å². The highest BCUT2D eigenvalue weighted by atomic mass is 79.9. The van der Waals surface area contributed by atoms with Gasteiger partial charge in [-0.1, -0.05) is 12.1 Å². The van der Waals surface area contributed by atoms with Crippen LogP contribution in [0, 0.1) is 0 Å². The van der Waals surface area contributed by atoms with E-state index in [4.69, 9.17) is 14.2 Å². The smallest absolute Gasteiger partial charge is 0.416 e. The van der Waals surface area contributed by atoms with Gasteiger partial charge >= 0.3 is 12.1 Å². The molecule has 0 N–H and O–H groups in total. The van der Waals surface area contributed by atoms with Gasteiger partial charge in [0.2, 0.25) is 5.91 Å². The molecule has 2 amide bonds. The van der Waals surface area contributed by atoms with E-state index in [0.717, 1.165) is 33.9 Å². The van der Waals surface area contributed by atoms with Crippen molar-refractivity contribution in [2.75, 3.05) is 20.8 Å². The third kappa shape index (κ3) is 9.17. The Labute approximate surface area is 226 Å². The monoisotopic (exact) mass is 579 g/mol. The number of hydrogen-bond donors (Lipinski definition) is 0. The number of imide groups is 1. The van der Waals surface area contributed by atoms with Gasteiger partial charge in [-0.25, -0.2) is 14.5 Å². The van der Waals surface area contributed by atoms with Crippen LogP contribution in [0.15, 0.2) is 51.8 Å². The number of carbonyl (C=O) groups excluding carboxylic acids is 3. The van der Waals surface area contributed by atoms with Gasteiger partial charge < -0.3 is 14.2 Å². The number of esters is 1. The van der Waals surface area contributed by atoms with E-state index in [1.165, 1.54) is 18.8 Å². The standard InChI is InChI=1S/C27H34BrNO6S/c1-7-34-25(31)19-13-16-22(21(28)17-19)36-23(24(30)29(5)26(32)35-27(2,3)4)10-8-9-18-11-14-20(33-6)15-12-18/h11-17,23H,7-10H2,1-6H3/t23-/m0/s1. The van der Waals surface area contributed by atoms with Crippen molar-refractivity contribution in [3.63, 3.8) is 0 Å². The second-order valence-corrected chi connectivity index (χ2v) is 11.2. The lowest BCUT2D eigenvalue weighted by molar-refractivity contribution is -0.128. The third-order valence-electron chi connectivity index (χ3n) is 5.08. The van der Waals surface area contributed by atoms with Crippen LogP contribution in [0.3, 0.4) is 0 Å². The Kier molecular flexibility index (Phi) is 11.3. The fourth-order valence-electron chi connectivity index (χ4n) is 3.24. The van der Waals surface area contributed by atoms with Crippen molar-refractivity contribution < 1.29 is 28.6 Å². The number of nitrogens with zero attached hydrogens (tertiary/aromatic N) is 1. The van der Waals surface area contributed by atoms with Gasteiger partial charge in [0.1, 0.15) is 11.4 Å².